The van der Waals surface area contributed by atoms with Gasteiger partial charge in [0, 0.05) is 25.6 Å². The molecule has 0 radical (unpaired) electrons. The summed E-state index contributed by atoms with van der Waals surface area (Å²) in [5, 5.41) is 14.5. The third kappa shape index (κ3) is 5.07. The Labute approximate surface area is 115 Å². The van der Waals surface area contributed by atoms with E-state index in [1.54, 1.807) is 13.8 Å². The summed E-state index contributed by atoms with van der Waals surface area (Å²) in [6.07, 6.45) is 1.23. The van der Waals surface area contributed by atoms with Gasteiger partial charge >= 0.3 is 6.03 Å². The first-order chi connectivity index (χ1) is 8.85. The average molecular weight is 267 g/mol. The minimum atomic E-state index is -0.533. The standard InChI is InChI=1S/C14H25N3O2/c1-10(2)12-11(5-6-19-12)7-16-13(18)17-9-14(3,4)8-15/h10-12H,5-7,9H2,1-4H3,(H2,16,17,18)/t11-,12-/m1/s1. The summed E-state index contributed by atoms with van der Waals surface area (Å²) < 4.78 is 5.68. The summed E-state index contributed by atoms with van der Waals surface area (Å²) in [5.74, 6) is 0.851. The molecule has 1 fully saturated rings. The van der Waals surface area contributed by atoms with Gasteiger partial charge in [0.1, 0.15) is 0 Å². The van der Waals surface area contributed by atoms with Gasteiger partial charge < -0.3 is 15.4 Å². The molecule has 1 aliphatic rings. The van der Waals surface area contributed by atoms with Crippen molar-refractivity contribution < 1.29 is 9.53 Å². The van der Waals surface area contributed by atoms with E-state index in [-0.39, 0.29) is 12.1 Å². The van der Waals surface area contributed by atoms with Gasteiger partial charge in [-0.2, -0.15) is 5.26 Å². The maximum absolute atomic E-state index is 11.7. The van der Waals surface area contributed by atoms with Gasteiger partial charge in [0.25, 0.3) is 0 Å². The zero-order valence-electron chi connectivity index (χ0n) is 12.3. The summed E-state index contributed by atoms with van der Waals surface area (Å²) in [7, 11) is 0. The lowest BCUT2D eigenvalue weighted by molar-refractivity contribution is 0.0545. The molecule has 2 N–H and O–H groups in total. The predicted octanol–water partition coefficient (Wildman–Crippen LogP) is 1.90. The molecule has 1 aliphatic heterocycles. The maximum Gasteiger partial charge on any atom is 0.314 e. The van der Waals surface area contributed by atoms with Crippen LogP contribution in [0.5, 0.6) is 0 Å². The first kappa shape index (κ1) is 15.8. The summed E-state index contributed by atoms with van der Waals surface area (Å²) >= 11 is 0. The lowest BCUT2D eigenvalue weighted by Gasteiger charge is -2.22. The Morgan fingerprint density at radius 3 is 2.74 bits per heavy atom. The number of ether oxygens (including phenoxy) is 1. The van der Waals surface area contributed by atoms with Crippen molar-refractivity contribution in [3.8, 4) is 6.07 Å². The molecular weight excluding hydrogens is 242 g/mol. The highest BCUT2D eigenvalue weighted by molar-refractivity contribution is 5.73. The molecule has 2 amide bonds. The Morgan fingerprint density at radius 1 is 1.47 bits per heavy atom. The second-order valence-corrected chi connectivity index (χ2v) is 6.19. The zero-order chi connectivity index (χ0) is 14.5. The number of carbonyl (C=O) groups is 1. The fourth-order valence-corrected chi connectivity index (χ4v) is 2.24. The van der Waals surface area contributed by atoms with Crippen LogP contribution in [0.2, 0.25) is 0 Å². The van der Waals surface area contributed by atoms with Crippen molar-refractivity contribution in [1.82, 2.24) is 10.6 Å². The summed E-state index contributed by atoms with van der Waals surface area (Å²) in [4.78, 5) is 11.7. The Kier molecular flexibility index (Phi) is 5.61. The molecular formula is C14H25N3O2. The van der Waals surface area contributed by atoms with Gasteiger partial charge in [-0.05, 0) is 26.2 Å². The van der Waals surface area contributed by atoms with Gasteiger partial charge in [0.2, 0.25) is 0 Å². The fraction of sp³-hybridized carbons (Fsp3) is 0.857. The van der Waals surface area contributed by atoms with E-state index in [2.05, 4.69) is 30.6 Å². The molecule has 5 heteroatoms. The smallest absolute Gasteiger partial charge is 0.314 e. The van der Waals surface area contributed by atoms with Crippen LogP contribution in [0, 0.1) is 28.6 Å². The molecule has 0 aromatic rings. The van der Waals surface area contributed by atoms with Crippen molar-refractivity contribution in [1.29, 1.82) is 5.26 Å². The molecule has 1 heterocycles. The van der Waals surface area contributed by atoms with E-state index < -0.39 is 5.41 Å². The van der Waals surface area contributed by atoms with Gasteiger partial charge in [-0.15, -0.1) is 0 Å². The maximum atomic E-state index is 11.7. The van der Waals surface area contributed by atoms with Crippen LogP contribution in [0.3, 0.4) is 0 Å². The minimum Gasteiger partial charge on any atom is -0.378 e. The molecule has 0 saturated carbocycles. The minimum absolute atomic E-state index is 0.210. The molecule has 19 heavy (non-hydrogen) atoms. The van der Waals surface area contributed by atoms with Crippen LogP contribution in [0.4, 0.5) is 4.79 Å². The number of nitrogens with one attached hydrogen (secondary N) is 2. The average Bonchev–Trinajstić information content (AvgIpc) is 2.82. The number of rotatable bonds is 5. The number of nitriles is 1. The summed E-state index contributed by atoms with van der Waals surface area (Å²) in [5.41, 5.74) is -0.533. The second kappa shape index (κ2) is 6.76. The number of hydrogen-bond acceptors (Lipinski definition) is 3. The van der Waals surface area contributed by atoms with Crippen LogP contribution in [-0.2, 0) is 4.74 Å². The molecule has 0 bridgehead atoms. The van der Waals surface area contributed by atoms with Gasteiger partial charge in [-0.1, -0.05) is 13.8 Å². The molecule has 0 aliphatic carbocycles. The normalized spacial score (nSPS) is 23.2. The molecule has 1 rings (SSSR count). The molecule has 5 nitrogen and oxygen atoms in total. The van der Waals surface area contributed by atoms with Crippen molar-refractivity contribution >= 4 is 6.03 Å². The van der Waals surface area contributed by atoms with E-state index in [1.807, 2.05) is 0 Å². The van der Waals surface area contributed by atoms with Crippen LogP contribution in [0.25, 0.3) is 0 Å². The van der Waals surface area contributed by atoms with Gasteiger partial charge in [-0.3, -0.25) is 0 Å². The Bertz CT molecular complexity index is 347. The number of hydrogen-bond donors (Lipinski definition) is 2. The molecule has 0 spiro atoms. The Balaban J connectivity index is 2.29. The van der Waals surface area contributed by atoms with Gasteiger partial charge in [0.05, 0.1) is 17.6 Å². The number of amides is 2. The van der Waals surface area contributed by atoms with Crippen LogP contribution < -0.4 is 10.6 Å². The molecule has 2 atom stereocenters. The lowest BCUT2D eigenvalue weighted by atomic mass is 9.93. The molecule has 0 unspecified atom stereocenters. The SMILES string of the molecule is CC(C)[C@H]1OCC[C@@H]1CNC(=O)NCC(C)(C)C#N. The lowest BCUT2D eigenvalue weighted by Crippen LogP contribution is -2.43. The van der Waals surface area contributed by atoms with Crippen molar-refractivity contribution in [2.75, 3.05) is 19.7 Å². The van der Waals surface area contributed by atoms with Crippen LogP contribution >= 0.6 is 0 Å². The van der Waals surface area contributed by atoms with E-state index in [4.69, 9.17) is 10.00 Å². The third-order valence-electron chi connectivity index (χ3n) is 3.44. The van der Waals surface area contributed by atoms with Crippen molar-refractivity contribution in [2.24, 2.45) is 17.3 Å². The predicted molar refractivity (Wildman–Crippen MR) is 73.5 cm³/mol. The highest BCUT2D eigenvalue weighted by atomic mass is 16.5. The zero-order valence-corrected chi connectivity index (χ0v) is 12.3. The first-order valence-corrected chi connectivity index (χ1v) is 6.90. The largest absolute Gasteiger partial charge is 0.378 e. The monoisotopic (exact) mass is 267 g/mol. The third-order valence-corrected chi connectivity index (χ3v) is 3.44. The molecule has 0 aromatic carbocycles. The summed E-state index contributed by atoms with van der Waals surface area (Å²) in [6.45, 7) is 9.63. The highest BCUT2D eigenvalue weighted by Crippen LogP contribution is 2.25. The highest BCUT2D eigenvalue weighted by Gasteiger charge is 2.30. The molecule has 108 valence electrons. The van der Waals surface area contributed by atoms with Crippen molar-refractivity contribution in [3.05, 3.63) is 0 Å². The van der Waals surface area contributed by atoms with Crippen LogP contribution in [0.1, 0.15) is 34.1 Å². The number of urea groups is 1. The van der Waals surface area contributed by atoms with E-state index >= 15 is 0 Å². The van der Waals surface area contributed by atoms with Crippen LogP contribution in [-0.4, -0.2) is 31.8 Å². The second-order valence-electron chi connectivity index (χ2n) is 6.19. The molecule has 0 aromatic heterocycles. The van der Waals surface area contributed by atoms with Crippen molar-refractivity contribution in [3.63, 3.8) is 0 Å². The Hall–Kier alpha value is -1.28. The fourth-order valence-electron chi connectivity index (χ4n) is 2.24. The van der Waals surface area contributed by atoms with E-state index in [1.165, 1.54) is 0 Å². The summed E-state index contributed by atoms with van der Waals surface area (Å²) in [6, 6.07) is 1.94. The topological polar surface area (TPSA) is 74.2 Å². The van der Waals surface area contributed by atoms with Gasteiger partial charge in [0.15, 0.2) is 0 Å². The van der Waals surface area contributed by atoms with Crippen molar-refractivity contribution in [2.45, 2.75) is 40.2 Å². The number of carbonyl (C=O) groups excluding carboxylic acids is 1. The van der Waals surface area contributed by atoms with E-state index in [0.717, 1.165) is 13.0 Å². The number of nitrogens with zero attached hydrogens (tertiary/aromatic N) is 1. The van der Waals surface area contributed by atoms with E-state index in [0.29, 0.717) is 24.9 Å². The quantitative estimate of drug-likeness (QED) is 0.799. The molecule has 1 saturated heterocycles. The van der Waals surface area contributed by atoms with E-state index in [9.17, 15) is 4.79 Å². The Morgan fingerprint density at radius 2 is 2.16 bits per heavy atom. The van der Waals surface area contributed by atoms with Crippen LogP contribution in [0.15, 0.2) is 0 Å². The van der Waals surface area contributed by atoms with Gasteiger partial charge in [-0.25, -0.2) is 4.79 Å². The first-order valence-electron chi connectivity index (χ1n) is 6.90.